The van der Waals surface area contributed by atoms with Crippen LogP contribution < -0.4 is 21.1 Å². The number of rotatable bonds is 17. The number of ether oxygens (including phenoxy) is 2. The molecule has 2 rings (SSSR count). The van der Waals surface area contributed by atoms with Crippen LogP contribution in [0.3, 0.4) is 0 Å². The number of nitrogens with one attached hydrogen (secondary N) is 2. The van der Waals surface area contributed by atoms with Gasteiger partial charge in [-0.05, 0) is 75.9 Å². The number of carbonyl (C=O) groups excluding carboxylic acids is 4. The Labute approximate surface area is 262 Å². The van der Waals surface area contributed by atoms with Crippen molar-refractivity contribution in [2.75, 3.05) is 19.0 Å². The van der Waals surface area contributed by atoms with Crippen LogP contribution >= 0.6 is 0 Å². The van der Waals surface area contributed by atoms with Crippen LogP contribution in [-0.2, 0) is 19.1 Å². The number of nitrogens with zero attached hydrogens (tertiary/aromatic N) is 1. The summed E-state index contributed by atoms with van der Waals surface area (Å²) in [5, 5.41) is 5.60. The zero-order chi connectivity index (χ0) is 32.7. The van der Waals surface area contributed by atoms with E-state index in [1.165, 1.54) is 4.90 Å². The molecule has 2 aromatic rings. The summed E-state index contributed by atoms with van der Waals surface area (Å²) in [7, 11) is 1.56. The van der Waals surface area contributed by atoms with E-state index >= 15 is 0 Å². The summed E-state index contributed by atoms with van der Waals surface area (Å²) >= 11 is 0. The molecule has 0 bridgehead atoms. The SMILES string of the molecule is CCCCCCCCN(C(=O)C(CCC(N)=O)NC(=O)OC(C)(C)C)C(C(=O)Nc1ccc(OC)cc1)c1ccccc1C. The number of alkyl carbamates (subject to hydrolysis) is 1. The maximum Gasteiger partial charge on any atom is 0.408 e. The highest BCUT2D eigenvalue weighted by Gasteiger charge is 2.37. The van der Waals surface area contributed by atoms with Crippen molar-refractivity contribution in [2.24, 2.45) is 5.73 Å². The van der Waals surface area contributed by atoms with Crippen LogP contribution in [0.1, 0.15) is 96.2 Å². The molecule has 4 amide bonds. The van der Waals surface area contributed by atoms with E-state index in [1.807, 2.05) is 31.2 Å². The van der Waals surface area contributed by atoms with Crippen molar-refractivity contribution in [3.05, 3.63) is 59.7 Å². The van der Waals surface area contributed by atoms with Gasteiger partial charge in [0.1, 0.15) is 23.4 Å². The zero-order valence-corrected chi connectivity index (χ0v) is 27.1. The normalized spacial score (nSPS) is 12.5. The van der Waals surface area contributed by atoms with Crippen LogP contribution in [0.4, 0.5) is 10.5 Å². The first-order valence-electron chi connectivity index (χ1n) is 15.4. The fourth-order valence-electron chi connectivity index (χ4n) is 4.85. The fourth-order valence-corrected chi connectivity index (χ4v) is 4.85. The van der Waals surface area contributed by atoms with Gasteiger partial charge in [-0.1, -0.05) is 63.3 Å². The standard InChI is InChI=1S/C34H50N4O6/c1-7-8-9-10-11-14-23-38(32(41)28(21-22-29(35)39)37-33(42)44-34(3,4)5)30(27-16-13-12-15-24(27)2)31(40)36-25-17-19-26(43-6)20-18-25/h12-13,15-20,28,30H,7-11,14,21-23H2,1-6H3,(H2,35,39)(H,36,40)(H,37,42). The number of anilines is 1. The van der Waals surface area contributed by atoms with Gasteiger partial charge in [-0.3, -0.25) is 14.4 Å². The van der Waals surface area contributed by atoms with Crippen molar-refractivity contribution in [1.82, 2.24) is 10.2 Å². The van der Waals surface area contributed by atoms with Crippen LogP contribution in [-0.4, -0.2) is 54.0 Å². The van der Waals surface area contributed by atoms with Gasteiger partial charge in [0.15, 0.2) is 0 Å². The molecule has 2 atom stereocenters. The van der Waals surface area contributed by atoms with E-state index < -0.39 is 41.5 Å². The molecule has 0 fully saturated rings. The minimum atomic E-state index is -1.14. The lowest BCUT2D eigenvalue weighted by molar-refractivity contribution is -0.141. The molecule has 0 saturated heterocycles. The smallest absolute Gasteiger partial charge is 0.408 e. The number of hydrogen-bond acceptors (Lipinski definition) is 6. The molecule has 0 saturated carbocycles. The van der Waals surface area contributed by atoms with E-state index in [-0.39, 0.29) is 19.4 Å². The van der Waals surface area contributed by atoms with E-state index in [1.54, 1.807) is 52.1 Å². The predicted octanol–water partition coefficient (Wildman–Crippen LogP) is 6.03. The number of primary amides is 1. The van der Waals surface area contributed by atoms with E-state index in [0.717, 1.165) is 37.7 Å². The highest BCUT2D eigenvalue weighted by molar-refractivity contribution is 5.99. The Bertz CT molecular complexity index is 1230. The zero-order valence-electron chi connectivity index (χ0n) is 27.1. The lowest BCUT2D eigenvalue weighted by Crippen LogP contribution is -2.53. The molecule has 0 heterocycles. The average molecular weight is 611 g/mol. The van der Waals surface area contributed by atoms with Crippen molar-refractivity contribution < 1.29 is 28.7 Å². The first-order chi connectivity index (χ1) is 20.9. The van der Waals surface area contributed by atoms with Crippen molar-refractivity contribution in [2.45, 2.75) is 104 Å². The second kappa shape index (κ2) is 17.9. The summed E-state index contributed by atoms with van der Waals surface area (Å²) in [5.41, 5.74) is 6.66. The van der Waals surface area contributed by atoms with Crippen molar-refractivity contribution in [1.29, 1.82) is 0 Å². The Hall–Kier alpha value is -4.08. The predicted molar refractivity (Wildman–Crippen MR) is 172 cm³/mol. The highest BCUT2D eigenvalue weighted by atomic mass is 16.6. The molecule has 0 aromatic heterocycles. The first kappa shape index (κ1) is 36.1. The van der Waals surface area contributed by atoms with Gasteiger partial charge in [0.2, 0.25) is 11.8 Å². The molecule has 44 heavy (non-hydrogen) atoms. The summed E-state index contributed by atoms with van der Waals surface area (Å²) in [5.74, 6) is -0.869. The van der Waals surface area contributed by atoms with E-state index in [9.17, 15) is 19.2 Å². The number of benzene rings is 2. The first-order valence-corrected chi connectivity index (χ1v) is 15.4. The maximum absolute atomic E-state index is 14.4. The third-order valence-corrected chi connectivity index (χ3v) is 7.10. The molecule has 242 valence electrons. The molecule has 10 heteroatoms. The molecule has 0 aliphatic carbocycles. The largest absolute Gasteiger partial charge is 0.497 e. The Morgan fingerprint density at radius 2 is 1.57 bits per heavy atom. The van der Waals surface area contributed by atoms with E-state index in [2.05, 4.69) is 17.6 Å². The topological polar surface area (TPSA) is 140 Å². The van der Waals surface area contributed by atoms with Gasteiger partial charge in [-0.25, -0.2) is 4.79 Å². The van der Waals surface area contributed by atoms with E-state index in [4.69, 9.17) is 15.2 Å². The Balaban J connectivity index is 2.53. The van der Waals surface area contributed by atoms with Crippen LogP contribution in [0.2, 0.25) is 0 Å². The Morgan fingerprint density at radius 3 is 2.16 bits per heavy atom. The van der Waals surface area contributed by atoms with Gasteiger partial charge < -0.3 is 30.7 Å². The maximum atomic E-state index is 14.4. The monoisotopic (exact) mass is 610 g/mol. The molecule has 0 spiro atoms. The van der Waals surface area contributed by atoms with Gasteiger partial charge in [0.25, 0.3) is 5.91 Å². The van der Waals surface area contributed by atoms with Crippen LogP contribution in [0.15, 0.2) is 48.5 Å². The molecular weight excluding hydrogens is 560 g/mol. The van der Waals surface area contributed by atoms with Gasteiger partial charge in [0.05, 0.1) is 7.11 Å². The minimum absolute atomic E-state index is 0.0407. The molecule has 0 aliphatic rings. The third-order valence-electron chi connectivity index (χ3n) is 7.10. The summed E-state index contributed by atoms with van der Waals surface area (Å²) < 4.78 is 10.7. The lowest BCUT2D eigenvalue weighted by Gasteiger charge is -2.35. The van der Waals surface area contributed by atoms with Gasteiger partial charge in [-0.15, -0.1) is 0 Å². The number of carbonyl (C=O) groups is 4. The molecule has 4 N–H and O–H groups in total. The quantitative estimate of drug-likeness (QED) is 0.187. The Morgan fingerprint density at radius 1 is 0.932 bits per heavy atom. The third kappa shape index (κ3) is 12.3. The van der Waals surface area contributed by atoms with Gasteiger partial charge in [-0.2, -0.15) is 0 Å². The number of aryl methyl sites for hydroxylation is 1. The van der Waals surface area contributed by atoms with Crippen LogP contribution in [0.5, 0.6) is 5.75 Å². The van der Waals surface area contributed by atoms with Crippen LogP contribution in [0, 0.1) is 6.92 Å². The molecule has 10 nitrogen and oxygen atoms in total. The molecule has 0 radical (unpaired) electrons. The summed E-state index contributed by atoms with van der Waals surface area (Å²) in [4.78, 5) is 54.6. The number of unbranched alkanes of at least 4 members (excludes halogenated alkanes) is 5. The molecule has 2 unspecified atom stereocenters. The Kier molecular flexibility index (Phi) is 14.7. The minimum Gasteiger partial charge on any atom is -0.497 e. The van der Waals surface area contributed by atoms with Crippen molar-refractivity contribution >= 4 is 29.5 Å². The van der Waals surface area contributed by atoms with Crippen molar-refractivity contribution in [3.8, 4) is 5.75 Å². The summed E-state index contributed by atoms with van der Waals surface area (Å²) in [6.45, 7) is 9.46. The average Bonchev–Trinajstić information content (AvgIpc) is 2.96. The summed E-state index contributed by atoms with van der Waals surface area (Å²) in [6.07, 6.45) is 4.89. The number of methoxy groups -OCH3 is 1. The van der Waals surface area contributed by atoms with Crippen molar-refractivity contribution in [3.63, 3.8) is 0 Å². The summed E-state index contributed by atoms with van der Waals surface area (Å²) in [6, 6.07) is 12.2. The van der Waals surface area contributed by atoms with Crippen LogP contribution in [0.25, 0.3) is 0 Å². The number of amides is 4. The molecule has 0 aliphatic heterocycles. The second-order valence-electron chi connectivity index (χ2n) is 12.0. The fraction of sp³-hybridized carbons (Fsp3) is 0.529. The van der Waals surface area contributed by atoms with Gasteiger partial charge in [0, 0.05) is 18.7 Å². The second-order valence-corrected chi connectivity index (χ2v) is 12.0. The van der Waals surface area contributed by atoms with E-state index in [0.29, 0.717) is 23.4 Å². The number of hydrogen-bond donors (Lipinski definition) is 3. The molecular formula is C34H50N4O6. The van der Waals surface area contributed by atoms with Gasteiger partial charge >= 0.3 is 6.09 Å². The highest BCUT2D eigenvalue weighted by Crippen LogP contribution is 2.28. The number of nitrogens with two attached hydrogens (primary N) is 1. The molecule has 2 aromatic carbocycles. The lowest BCUT2D eigenvalue weighted by atomic mass is 9.97.